The summed E-state index contributed by atoms with van der Waals surface area (Å²) in [6.45, 7) is 0. The summed E-state index contributed by atoms with van der Waals surface area (Å²) in [6.07, 6.45) is 6.10. The van der Waals surface area contributed by atoms with Crippen LogP contribution in [-0.4, -0.2) is 22.8 Å². The van der Waals surface area contributed by atoms with Crippen LogP contribution in [0.3, 0.4) is 0 Å². The molecule has 1 unspecified atom stereocenters. The Balaban J connectivity index is 2.48. The molecule has 0 aliphatic heterocycles. The number of methoxy groups -OCH3 is 1. The number of ether oxygens (including phenoxy) is 1. The number of rotatable bonds is 4. The van der Waals surface area contributed by atoms with Crippen molar-refractivity contribution in [1.82, 2.24) is 0 Å². The van der Waals surface area contributed by atoms with Crippen molar-refractivity contribution in [3.8, 4) is 0 Å². The van der Waals surface area contributed by atoms with Crippen molar-refractivity contribution in [2.24, 2.45) is 5.92 Å². The summed E-state index contributed by atoms with van der Waals surface area (Å²) in [7, 11) is 1.27. The smallest absolute Gasteiger partial charge is 0.342 e. The van der Waals surface area contributed by atoms with Crippen molar-refractivity contribution in [3.63, 3.8) is 0 Å². The number of alkyl halides is 3. The summed E-state index contributed by atoms with van der Waals surface area (Å²) in [5.41, 5.74) is 0. The fourth-order valence-corrected chi connectivity index (χ4v) is 3.27. The van der Waals surface area contributed by atoms with Crippen molar-refractivity contribution < 1.29 is 9.53 Å². The first kappa shape index (κ1) is 14.4. The lowest BCUT2D eigenvalue weighted by atomic mass is 9.85. The van der Waals surface area contributed by atoms with Crippen LogP contribution in [0.2, 0.25) is 0 Å². The minimum absolute atomic E-state index is 0.158. The van der Waals surface area contributed by atoms with Gasteiger partial charge in [-0.15, -0.1) is 11.6 Å². The monoisotopic (exact) mass is 286 g/mol. The van der Waals surface area contributed by atoms with E-state index in [2.05, 4.69) is 4.74 Å². The lowest BCUT2D eigenvalue weighted by molar-refractivity contribution is -0.141. The summed E-state index contributed by atoms with van der Waals surface area (Å²) >= 11 is 18.1. The normalized spacial score (nSPS) is 20.5. The molecule has 0 bridgehead atoms. The average Bonchev–Trinajstić information content (AvgIpc) is 2.28. The van der Waals surface area contributed by atoms with Gasteiger partial charge in [-0.25, -0.2) is 4.79 Å². The third-order valence-electron chi connectivity index (χ3n) is 3.10. The molecular formula is C11H17Cl3O2. The second-order valence-corrected chi connectivity index (χ2v) is 6.36. The van der Waals surface area contributed by atoms with Crippen molar-refractivity contribution in [2.45, 2.75) is 48.2 Å². The molecule has 5 heteroatoms. The van der Waals surface area contributed by atoms with Gasteiger partial charge in [0.2, 0.25) is 4.33 Å². The van der Waals surface area contributed by atoms with Gasteiger partial charge in [0, 0.05) is 11.8 Å². The highest BCUT2D eigenvalue weighted by molar-refractivity contribution is 6.57. The van der Waals surface area contributed by atoms with Crippen LogP contribution in [-0.2, 0) is 9.53 Å². The predicted molar refractivity (Wildman–Crippen MR) is 67.3 cm³/mol. The van der Waals surface area contributed by atoms with Crippen molar-refractivity contribution >= 4 is 40.8 Å². The molecule has 0 heterocycles. The van der Waals surface area contributed by atoms with Crippen molar-refractivity contribution in [3.05, 3.63) is 0 Å². The molecule has 0 aromatic heterocycles. The molecule has 0 aromatic carbocycles. The van der Waals surface area contributed by atoms with Crippen LogP contribution in [0.25, 0.3) is 0 Å². The van der Waals surface area contributed by atoms with Gasteiger partial charge in [0.05, 0.1) is 7.11 Å². The molecule has 1 atom stereocenters. The molecule has 0 aromatic rings. The Morgan fingerprint density at radius 2 is 1.94 bits per heavy atom. The van der Waals surface area contributed by atoms with E-state index < -0.39 is 10.3 Å². The Morgan fingerprint density at radius 3 is 2.44 bits per heavy atom. The Hall–Kier alpha value is 0.340. The third kappa shape index (κ3) is 3.97. The molecular weight excluding hydrogens is 270 g/mol. The third-order valence-corrected chi connectivity index (χ3v) is 4.22. The summed E-state index contributed by atoms with van der Waals surface area (Å²) in [5, 5.41) is -0.158. The number of hydrogen-bond acceptors (Lipinski definition) is 2. The maximum atomic E-state index is 11.3. The zero-order valence-corrected chi connectivity index (χ0v) is 11.6. The van der Waals surface area contributed by atoms with Gasteiger partial charge in [-0.3, -0.25) is 0 Å². The number of esters is 1. The topological polar surface area (TPSA) is 26.3 Å². The Morgan fingerprint density at radius 1 is 1.38 bits per heavy atom. The van der Waals surface area contributed by atoms with E-state index in [1.807, 2.05) is 0 Å². The average molecular weight is 288 g/mol. The van der Waals surface area contributed by atoms with E-state index in [9.17, 15) is 4.79 Å². The van der Waals surface area contributed by atoms with Crippen molar-refractivity contribution in [1.29, 1.82) is 0 Å². The first-order valence-electron chi connectivity index (χ1n) is 5.57. The fraction of sp³-hybridized carbons (Fsp3) is 0.909. The van der Waals surface area contributed by atoms with Crippen molar-refractivity contribution in [2.75, 3.05) is 7.11 Å². The van der Waals surface area contributed by atoms with Gasteiger partial charge in [-0.1, -0.05) is 42.5 Å². The van der Waals surface area contributed by atoms with Gasteiger partial charge in [0.25, 0.3) is 0 Å². The van der Waals surface area contributed by atoms with E-state index >= 15 is 0 Å². The predicted octanol–water partition coefficient (Wildman–Crippen LogP) is 3.91. The summed E-state index contributed by atoms with van der Waals surface area (Å²) < 4.78 is 3.03. The van der Waals surface area contributed by atoms with E-state index in [-0.39, 0.29) is 11.8 Å². The largest absolute Gasteiger partial charge is 0.467 e. The van der Waals surface area contributed by atoms with Gasteiger partial charge >= 0.3 is 5.97 Å². The highest BCUT2D eigenvalue weighted by atomic mass is 35.5. The van der Waals surface area contributed by atoms with Gasteiger partial charge < -0.3 is 4.74 Å². The molecule has 1 aliphatic carbocycles. The number of halogens is 3. The van der Waals surface area contributed by atoms with Crippen LogP contribution >= 0.6 is 34.8 Å². The zero-order chi connectivity index (χ0) is 12.2. The number of carbonyl (C=O) groups excluding carboxylic acids is 1. The number of carbonyl (C=O) groups is 1. The Labute approximate surface area is 112 Å². The molecule has 1 saturated carbocycles. The van der Waals surface area contributed by atoms with Crippen LogP contribution in [0.4, 0.5) is 0 Å². The minimum Gasteiger partial charge on any atom is -0.467 e. The van der Waals surface area contributed by atoms with Crippen LogP contribution in [0.15, 0.2) is 0 Å². The van der Waals surface area contributed by atoms with E-state index in [0.717, 1.165) is 12.8 Å². The highest BCUT2D eigenvalue weighted by Gasteiger charge is 2.39. The second kappa shape index (κ2) is 6.32. The Bertz CT molecular complexity index is 237. The molecule has 94 valence electrons. The van der Waals surface area contributed by atoms with E-state index in [1.54, 1.807) is 0 Å². The van der Waals surface area contributed by atoms with Gasteiger partial charge in [-0.05, 0) is 18.8 Å². The molecule has 2 nitrogen and oxygen atoms in total. The van der Waals surface area contributed by atoms with Crippen LogP contribution in [0.5, 0.6) is 0 Å². The quantitative estimate of drug-likeness (QED) is 0.579. The van der Waals surface area contributed by atoms with E-state index in [0.29, 0.717) is 5.92 Å². The number of hydrogen-bond donors (Lipinski definition) is 0. The summed E-state index contributed by atoms with van der Waals surface area (Å²) in [4.78, 5) is 11.3. The summed E-state index contributed by atoms with van der Waals surface area (Å²) in [6, 6.07) is 0. The molecule has 0 radical (unpaired) electrons. The molecule has 16 heavy (non-hydrogen) atoms. The maximum absolute atomic E-state index is 11.3. The molecule has 0 N–H and O–H groups in total. The SMILES string of the molecule is COC(=O)C(Cl)(Cl)CC(Cl)C1CCCCC1. The van der Waals surface area contributed by atoms with E-state index in [4.69, 9.17) is 34.8 Å². The summed E-state index contributed by atoms with van der Waals surface area (Å²) in [5.74, 6) is -0.214. The Kier molecular flexibility index (Phi) is 5.69. The highest BCUT2D eigenvalue weighted by Crippen LogP contribution is 2.37. The molecule has 1 rings (SSSR count). The standard InChI is InChI=1S/C11H17Cl3O2/c1-16-10(15)11(13,14)7-9(12)8-5-3-2-4-6-8/h8-9H,2-7H2,1H3. The second-order valence-electron chi connectivity index (χ2n) is 4.31. The lowest BCUT2D eigenvalue weighted by Crippen LogP contribution is -2.33. The molecule has 0 amide bonds. The minimum atomic E-state index is -1.52. The molecule has 1 fully saturated rings. The van der Waals surface area contributed by atoms with Gasteiger partial charge in [0.15, 0.2) is 0 Å². The fourth-order valence-electron chi connectivity index (χ4n) is 2.14. The lowest BCUT2D eigenvalue weighted by Gasteiger charge is -2.29. The molecule has 0 saturated heterocycles. The first-order valence-corrected chi connectivity index (χ1v) is 6.77. The van der Waals surface area contributed by atoms with Crippen LogP contribution in [0.1, 0.15) is 38.5 Å². The molecule has 1 aliphatic rings. The first-order chi connectivity index (χ1) is 7.47. The van der Waals surface area contributed by atoms with Crippen LogP contribution < -0.4 is 0 Å². The van der Waals surface area contributed by atoms with E-state index in [1.165, 1.54) is 26.4 Å². The maximum Gasteiger partial charge on any atom is 0.342 e. The zero-order valence-electron chi connectivity index (χ0n) is 9.35. The van der Waals surface area contributed by atoms with Gasteiger partial charge in [-0.2, -0.15) is 0 Å². The van der Waals surface area contributed by atoms with Crippen LogP contribution in [0, 0.1) is 5.92 Å². The molecule has 0 spiro atoms. The van der Waals surface area contributed by atoms with Gasteiger partial charge in [0.1, 0.15) is 0 Å².